The molecule has 1 aliphatic rings. The van der Waals surface area contributed by atoms with Gasteiger partial charge < -0.3 is 9.13 Å². The van der Waals surface area contributed by atoms with Crippen LogP contribution in [0.1, 0.15) is 22.6 Å². The minimum absolute atomic E-state index is 0.153. The first-order valence-corrected chi connectivity index (χ1v) is 17.7. The second-order valence-corrected chi connectivity index (χ2v) is 13.7. The maximum atomic E-state index is 2.45. The predicted molar refractivity (Wildman–Crippen MR) is 213 cm³/mol. The van der Waals surface area contributed by atoms with Crippen molar-refractivity contribution >= 4 is 43.6 Å². The van der Waals surface area contributed by atoms with Gasteiger partial charge in [0.1, 0.15) is 0 Å². The molecule has 0 amide bonds. The smallest absolute Gasteiger partial charge is 0.0544 e. The standard InChI is InChI=1S/C49H32N2/c1-4-14-32(15-5-1)47-39-22-11-10-20-37(39)40-26-29-46-48(49(40)47)42-31-34(25-28-45(42)51(46)36-18-8-3-9-19-36)33-24-27-44-41(30-33)38-21-12-13-23-43(38)50(44)35-16-6-2-7-17-35/h1-31,47H. The fraction of sp³-hybridized carbons (Fsp3) is 0.0204. The van der Waals surface area contributed by atoms with E-state index in [9.17, 15) is 0 Å². The first-order valence-electron chi connectivity index (χ1n) is 17.7. The Labute approximate surface area is 296 Å². The summed E-state index contributed by atoms with van der Waals surface area (Å²) in [7, 11) is 0. The highest BCUT2D eigenvalue weighted by molar-refractivity contribution is 6.16. The Hall–Kier alpha value is -6.64. The van der Waals surface area contributed by atoms with Gasteiger partial charge in [-0.2, -0.15) is 0 Å². The predicted octanol–water partition coefficient (Wildman–Crippen LogP) is 12.7. The largest absolute Gasteiger partial charge is 0.309 e. The molecule has 10 aromatic rings. The lowest BCUT2D eigenvalue weighted by Gasteiger charge is -2.16. The van der Waals surface area contributed by atoms with E-state index in [0.29, 0.717) is 0 Å². The van der Waals surface area contributed by atoms with E-state index in [1.165, 1.54) is 93.9 Å². The normalized spacial score (nSPS) is 13.7. The number of para-hydroxylation sites is 3. The molecule has 0 N–H and O–H groups in total. The van der Waals surface area contributed by atoms with Crippen molar-refractivity contribution in [1.82, 2.24) is 9.13 Å². The lowest BCUT2D eigenvalue weighted by molar-refractivity contribution is 1.03. The third-order valence-corrected chi connectivity index (χ3v) is 11.0. The number of hydrogen-bond donors (Lipinski definition) is 0. The van der Waals surface area contributed by atoms with E-state index in [4.69, 9.17) is 0 Å². The topological polar surface area (TPSA) is 9.86 Å². The number of fused-ring (bicyclic) bond motifs is 10. The Morgan fingerprint density at radius 1 is 0.353 bits per heavy atom. The molecule has 11 rings (SSSR count). The highest BCUT2D eigenvalue weighted by Crippen LogP contribution is 2.53. The summed E-state index contributed by atoms with van der Waals surface area (Å²) in [6.07, 6.45) is 0. The molecule has 0 fully saturated rings. The SMILES string of the molecule is c1ccc(C2c3ccccc3-c3ccc4c(c32)c2cc(-c3ccc5c(c3)c3ccccc3n5-c3ccccc3)ccc2n4-c2ccccc2)cc1. The second-order valence-electron chi connectivity index (χ2n) is 13.7. The summed E-state index contributed by atoms with van der Waals surface area (Å²) < 4.78 is 4.84. The molecule has 0 spiro atoms. The van der Waals surface area contributed by atoms with Crippen LogP contribution in [0.15, 0.2) is 188 Å². The van der Waals surface area contributed by atoms with Crippen molar-refractivity contribution < 1.29 is 0 Å². The summed E-state index contributed by atoms with van der Waals surface area (Å²) in [6, 6.07) is 69.1. The van der Waals surface area contributed by atoms with Gasteiger partial charge in [0, 0.05) is 38.8 Å². The first-order chi connectivity index (χ1) is 25.3. The second kappa shape index (κ2) is 10.9. The number of rotatable bonds is 4. The molecule has 2 aromatic heterocycles. The molecule has 1 aliphatic carbocycles. The minimum Gasteiger partial charge on any atom is -0.309 e. The fourth-order valence-corrected chi connectivity index (χ4v) is 8.86. The van der Waals surface area contributed by atoms with Crippen molar-refractivity contribution in [3.63, 3.8) is 0 Å². The van der Waals surface area contributed by atoms with E-state index in [0.717, 1.165) is 0 Å². The Balaban J connectivity index is 1.20. The highest BCUT2D eigenvalue weighted by Gasteiger charge is 2.33. The fourth-order valence-electron chi connectivity index (χ4n) is 8.86. The maximum Gasteiger partial charge on any atom is 0.0544 e. The van der Waals surface area contributed by atoms with Gasteiger partial charge in [-0.15, -0.1) is 0 Å². The van der Waals surface area contributed by atoms with Gasteiger partial charge in [-0.3, -0.25) is 0 Å². The summed E-state index contributed by atoms with van der Waals surface area (Å²) in [5.41, 5.74) is 16.5. The molecule has 0 radical (unpaired) electrons. The van der Waals surface area contributed by atoms with Gasteiger partial charge in [0.15, 0.2) is 0 Å². The van der Waals surface area contributed by atoms with Crippen LogP contribution in [0.4, 0.5) is 0 Å². The quantitative estimate of drug-likeness (QED) is 0.180. The van der Waals surface area contributed by atoms with E-state index < -0.39 is 0 Å². The zero-order chi connectivity index (χ0) is 33.5. The molecule has 1 atom stereocenters. The van der Waals surface area contributed by atoms with Gasteiger partial charge >= 0.3 is 0 Å². The summed E-state index contributed by atoms with van der Waals surface area (Å²) >= 11 is 0. The number of aromatic nitrogens is 2. The molecule has 0 saturated heterocycles. The summed E-state index contributed by atoms with van der Waals surface area (Å²) in [4.78, 5) is 0. The van der Waals surface area contributed by atoms with E-state index >= 15 is 0 Å². The van der Waals surface area contributed by atoms with Crippen LogP contribution in [-0.4, -0.2) is 9.13 Å². The van der Waals surface area contributed by atoms with Crippen molar-refractivity contribution in [2.24, 2.45) is 0 Å². The lowest BCUT2D eigenvalue weighted by atomic mass is 9.87. The molecular weight excluding hydrogens is 617 g/mol. The molecule has 8 aromatic carbocycles. The van der Waals surface area contributed by atoms with E-state index in [2.05, 4.69) is 197 Å². The zero-order valence-corrected chi connectivity index (χ0v) is 27.9. The van der Waals surface area contributed by atoms with Crippen molar-refractivity contribution in [1.29, 1.82) is 0 Å². The molecule has 238 valence electrons. The van der Waals surface area contributed by atoms with Gasteiger partial charge in [-0.05, 0) is 99.6 Å². The van der Waals surface area contributed by atoms with E-state index in [1.807, 2.05) is 0 Å². The van der Waals surface area contributed by atoms with Gasteiger partial charge in [0.25, 0.3) is 0 Å². The Morgan fingerprint density at radius 3 is 1.61 bits per heavy atom. The number of benzene rings is 8. The van der Waals surface area contributed by atoms with Crippen LogP contribution in [0.2, 0.25) is 0 Å². The van der Waals surface area contributed by atoms with Crippen LogP contribution in [0.25, 0.3) is 77.2 Å². The molecule has 51 heavy (non-hydrogen) atoms. The van der Waals surface area contributed by atoms with Crippen molar-refractivity contribution in [2.45, 2.75) is 5.92 Å². The van der Waals surface area contributed by atoms with E-state index in [-0.39, 0.29) is 5.92 Å². The molecular formula is C49H32N2. The summed E-state index contributed by atoms with van der Waals surface area (Å²) in [5.74, 6) is 0.153. The van der Waals surface area contributed by atoms with Crippen LogP contribution < -0.4 is 0 Å². The van der Waals surface area contributed by atoms with Gasteiger partial charge in [0.05, 0.1) is 22.1 Å². The van der Waals surface area contributed by atoms with Gasteiger partial charge in [0.2, 0.25) is 0 Å². The molecule has 0 saturated carbocycles. The Kier molecular flexibility index (Phi) is 6.05. The molecule has 2 nitrogen and oxygen atoms in total. The molecule has 2 heterocycles. The highest BCUT2D eigenvalue weighted by atomic mass is 15.0. The number of hydrogen-bond acceptors (Lipinski definition) is 0. The number of nitrogens with zero attached hydrogens (tertiary/aromatic N) is 2. The van der Waals surface area contributed by atoms with Crippen LogP contribution in [-0.2, 0) is 0 Å². The van der Waals surface area contributed by atoms with Crippen molar-refractivity contribution in [3.8, 4) is 33.6 Å². The summed E-state index contributed by atoms with van der Waals surface area (Å²) in [5, 5.41) is 5.14. The summed E-state index contributed by atoms with van der Waals surface area (Å²) in [6.45, 7) is 0. The minimum atomic E-state index is 0.153. The van der Waals surface area contributed by atoms with Gasteiger partial charge in [-0.1, -0.05) is 127 Å². The lowest BCUT2D eigenvalue weighted by Crippen LogP contribution is -2.00. The van der Waals surface area contributed by atoms with Crippen LogP contribution in [0.3, 0.4) is 0 Å². The zero-order valence-electron chi connectivity index (χ0n) is 27.9. The van der Waals surface area contributed by atoms with Crippen LogP contribution in [0.5, 0.6) is 0 Å². The molecule has 0 bridgehead atoms. The third kappa shape index (κ3) is 4.11. The van der Waals surface area contributed by atoms with Crippen molar-refractivity contribution in [3.05, 3.63) is 205 Å². The average Bonchev–Trinajstić information content (AvgIpc) is 3.84. The van der Waals surface area contributed by atoms with E-state index in [1.54, 1.807) is 0 Å². The Bertz CT molecular complexity index is 2950. The monoisotopic (exact) mass is 648 g/mol. The third-order valence-electron chi connectivity index (χ3n) is 11.0. The van der Waals surface area contributed by atoms with Crippen LogP contribution >= 0.6 is 0 Å². The average molecular weight is 649 g/mol. The van der Waals surface area contributed by atoms with Crippen LogP contribution in [0, 0.1) is 0 Å². The van der Waals surface area contributed by atoms with Crippen molar-refractivity contribution in [2.75, 3.05) is 0 Å². The molecule has 0 aliphatic heterocycles. The Morgan fingerprint density at radius 2 is 0.882 bits per heavy atom. The molecule has 2 heteroatoms. The first kappa shape index (κ1) is 28.2. The maximum absolute atomic E-state index is 2.45. The molecule has 1 unspecified atom stereocenters. The van der Waals surface area contributed by atoms with Gasteiger partial charge in [-0.25, -0.2) is 0 Å².